The van der Waals surface area contributed by atoms with E-state index in [0.717, 1.165) is 11.0 Å². The fraction of sp³-hybridized carbons (Fsp3) is 0.296. The van der Waals surface area contributed by atoms with E-state index in [1.54, 1.807) is 13.0 Å². The number of halogens is 2. The highest BCUT2D eigenvalue weighted by molar-refractivity contribution is 6.01. The molecule has 0 fully saturated rings. The molecule has 0 saturated heterocycles. The highest BCUT2D eigenvalue weighted by Gasteiger charge is 2.43. The van der Waals surface area contributed by atoms with Gasteiger partial charge in [0.1, 0.15) is 17.7 Å². The Kier molecular flexibility index (Phi) is 5.68. The van der Waals surface area contributed by atoms with Crippen LogP contribution >= 0.6 is 0 Å². The van der Waals surface area contributed by atoms with Gasteiger partial charge in [-0.15, -0.1) is 0 Å². The van der Waals surface area contributed by atoms with Crippen molar-refractivity contribution in [2.75, 3.05) is 0 Å². The average molecular weight is 520 g/mol. The van der Waals surface area contributed by atoms with Crippen LogP contribution in [0.25, 0.3) is 22.3 Å². The summed E-state index contributed by atoms with van der Waals surface area (Å²) in [5.41, 5.74) is 3.53. The van der Waals surface area contributed by atoms with Crippen molar-refractivity contribution in [1.82, 2.24) is 24.8 Å². The van der Waals surface area contributed by atoms with Gasteiger partial charge in [0.05, 0.1) is 28.8 Å². The van der Waals surface area contributed by atoms with E-state index in [9.17, 15) is 23.5 Å². The first-order chi connectivity index (χ1) is 18.3. The number of fused-ring (bicyclic) bond motifs is 9. The molecule has 194 valence electrons. The molecule has 0 spiro atoms. The molecule has 0 saturated carbocycles. The molecule has 2 aromatic heterocycles. The predicted octanol–water partition coefficient (Wildman–Crippen LogP) is 4.00. The third-order valence-corrected chi connectivity index (χ3v) is 7.10. The van der Waals surface area contributed by atoms with Crippen molar-refractivity contribution in [2.24, 2.45) is 0 Å². The second kappa shape index (κ2) is 8.95. The van der Waals surface area contributed by atoms with E-state index < -0.39 is 24.4 Å². The Morgan fingerprint density at radius 2 is 2.05 bits per heavy atom. The van der Waals surface area contributed by atoms with Crippen LogP contribution < -0.4 is 10.1 Å². The Hall–Kier alpha value is -4.25. The van der Waals surface area contributed by atoms with Gasteiger partial charge in [0.25, 0.3) is 5.91 Å². The zero-order valence-corrected chi connectivity index (χ0v) is 20.5. The van der Waals surface area contributed by atoms with Crippen molar-refractivity contribution in [1.29, 1.82) is 0 Å². The number of hydrogen-bond donors (Lipinski definition) is 2. The molecule has 2 bridgehead atoms. The highest BCUT2D eigenvalue weighted by Crippen LogP contribution is 2.49. The maximum absolute atomic E-state index is 13.5. The van der Waals surface area contributed by atoms with Gasteiger partial charge in [-0.2, -0.15) is 8.78 Å². The SMILES string of the molecule is CCc1c(OC(F)F)cc2c(c1-c1ccnc(C(=O)C(C)O)n1)[C@H]1C[C@@H](NC2=O)c2nc3ccccc3n21. The van der Waals surface area contributed by atoms with Crippen molar-refractivity contribution >= 4 is 22.7 Å². The van der Waals surface area contributed by atoms with Crippen molar-refractivity contribution < 1.29 is 28.2 Å². The van der Waals surface area contributed by atoms with E-state index in [4.69, 9.17) is 9.72 Å². The second-order valence-electron chi connectivity index (χ2n) is 9.33. The van der Waals surface area contributed by atoms with E-state index in [2.05, 4.69) is 19.9 Å². The third-order valence-electron chi connectivity index (χ3n) is 7.10. The normalized spacial score (nSPS) is 18.6. The lowest BCUT2D eigenvalue weighted by Crippen LogP contribution is -2.28. The monoisotopic (exact) mass is 519 g/mol. The molecule has 1 unspecified atom stereocenters. The molecule has 9 nitrogen and oxygen atoms in total. The van der Waals surface area contributed by atoms with Gasteiger partial charge in [-0.05, 0) is 49.6 Å². The fourth-order valence-electron chi connectivity index (χ4n) is 5.58. The number of alkyl halides is 2. The summed E-state index contributed by atoms with van der Waals surface area (Å²) in [6.45, 7) is -0.00883. The van der Waals surface area contributed by atoms with Crippen molar-refractivity contribution in [2.45, 2.75) is 51.5 Å². The number of nitrogens with one attached hydrogen (secondary N) is 1. The number of Topliss-reactive ketones (excluding diaryl/α,β-unsaturated/α-hetero) is 1. The van der Waals surface area contributed by atoms with E-state index in [1.165, 1.54) is 19.2 Å². The van der Waals surface area contributed by atoms with Gasteiger partial charge in [-0.25, -0.2) is 15.0 Å². The van der Waals surface area contributed by atoms with Crippen LogP contribution in [0.5, 0.6) is 5.75 Å². The van der Waals surface area contributed by atoms with Crippen LogP contribution in [0.15, 0.2) is 42.6 Å². The van der Waals surface area contributed by atoms with Gasteiger partial charge >= 0.3 is 6.61 Å². The Labute approximate surface area is 215 Å². The summed E-state index contributed by atoms with van der Waals surface area (Å²) in [5, 5.41) is 12.8. The van der Waals surface area contributed by atoms with Crippen LogP contribution in [0.3, 0.4) is 0 Å². The summed E-state index contributed by atoms with van der Waals surface area (Å²) in [4.78, 5) is 39.2. The Balaban J connectivity index is 1.68. The number of aliphatic hydroxyl groups is 1. The largest absolute Gasteiger partial charge is 0.434 e. The molecule has 0 aliphatic carbocycles. The maximum Gasteiger partial charge on any atom is 0.387 e. The number of carbonyl (C=O) groups is 2. The molecular formula is C27H23F2N5O4. The number of ketones is 1. The molecule has 2 aliphatic rings. The van der Waals surface area contributed by atoms with Crippen molar-refractivity contribution in [3.63, 3.8) is 0 Å². The summed E-state index contributed by atoms with van der Waals surface area (Å²) in [5.74, 6) is -0.771. The molecule has 6 rings (SSSR count). The summed E-state index contributed by atoms with van der Waals surface area (Å²) in [6, 6.07) is 9.80. The first kappa shape index (κ1) is 24.1. The first-order valence-corrected chi connectivity index (χ1v) is 12.3. The quantitative estimate of drug-likeness (QED) is 0.370. The van der Waals surface area contributed by atoms with Crippen LogP contribution in [0.2, 0.25) is 0 Å². The van der Waals surface area contributed by atoms with Gasteiger partial charge < -0.3 is 19.7 Å². The number of imidazole rings is 1. The Bertz CT molecular complexity index is 1620. The molecule has 0 radical (unpaired) electrons. The minimum absolute atomic E-state index is 0.137. The van der Waals surface area contributed by atoms with E-state index in [0.29, 0.717) is 28.9 Å². The van der Waals surface area contributed by atoms with Crippen LogP contribution in [0.1, 0.15) is 70.3 Å². The zero-order chi connectivity index (χ0) is 26.7. The number of hydrogen-bond acceptors (Lipinski definition) is 7. The smallest absolute Gasteiger partial charge is 0.387 e. The summed E-state index contributed by atoms with van der Waals surface area (Å²) < 4.78 is 33.9. The van der Waals surface area contributed by atoms with E-state index in [1.807, 2.05) is 24.3 Å². The standard InChI is InChI=1S/C27H23F2N5O4/c1-3-13-20(38-27(28)29)10-14-22(21(13)16-8-9-30-24(31-16)23(36)12(2)35)19-11-17(33-26(14)37)25-32-15-6-4-5-7-18(15)34(19)25/h4-10,12,17,19,27,35H,3,11H2,1-2H3,(H,33,37)/t12?,17-,19-/m1/s1. The fourth-order valence-corrected chi connectivity index (χ4v) is 5.58. The molecule has 2 aliphatic heterocycles. The molecule has 2 aromatic carbocycles. The summed E-state index contributed by atoms with van der Waals surface area (Å²) >= 11 is 0. The predicted molar refractivity (Wildman–Crippen MR) is 132 cm³/mol. The lowest BCUT2D eigenvalue weighted by atomic mass is 9.86. The van der Waals surface area contributed by atoms with Crippen molar-refractivity contribution in [3.8, 4) is 17.0 Å². The topological polar surface area (TPSA) is 119 Å². The van der Waals surface area contributed by atoms with E-state index in [-0.39, 0.29) is 41.3 Å². The number of benzene rings is 2. The third kappa shape index (κ3) is 3.65. The molecule has 1 amide bonds. The highest BCUT2D eigenvalue weighted by atomic mass is 19.3. The Morgan fingerprint density at radius 3 is 2.79 bits per heavy atom. The number of nitrogens with zero attached hydrogens (tertiary/aromatic N) is 4. The number of aromatic nitrogens is 4. The average Bonchev–Trinajstić information content (AvgIpc) is 3.40. The van der Waals surface area contributed by atoms with Crippen LogP contribution in [-0.4, -0.2) is 49.0 Å². The molecule has 38 heavy (non-hydrogen) atoms. The van der Waals surface area contributed by atoms with Crippen molar-refractivity contribution in [3.05, 3.63) is 70.9 Å². The lowest BCUT2D eigenvalue weighted by Gasteiger charge is -2.25. The number of aliphatic hydroxyl groups excluding tert-OH is 1. The minimum atomic E-state index is -3.11. The number of para-hydroxylation sites is 2. The molecule has 2 N–H and O–H groups in total. The van der Waals surface area contributed by atoms with Gasteiger partial charge in [0, 0.05) is 22.9 Å². The number of rotatable bonds is 6. The molecular weight excluding hydrogens is 496 g/mol. The number of carbonyl (C=O) groups excluding carboxylic acids is 2. The van der Waals surface area contributed by atoms with Gasteiger partial charge in [-0.3, -0.25) is 9.59 Å². The molecule has 11 heteroatoms. The first-order valence-electron chi connectivity index (χ1n) is 12.3. The lowest BCUT2D eigenvalue weighted by molar-refractivity contribution is -0.0504. The summed E-state index contributed by atoms with van der Waals surface area (Å²) in [7, 11) is 0. The summed E-state index contributed by atoms with van der Waals surface area (Å²) in [6.07, 6.45) is 0.824. The Morgan fingerprint density at radius 1 is 1.26 bits per heavy atom. The molecule has 4 aromatic rings. The zero-order valence-electron chi connectivity index (χ0n) is 20.5. The van der Waals surface area contributed by atoms with Crippen LogP contribution in [0.4, 0.5) is 8.78 Å². The van der Waals surface area contributed by atoms with Gasteiger partial charge in [-0.1, -0.05) is 19.1 Å². The van der Waals surface area contributed by atoms with Gasteiger partial charge in [0.2, 0.25) is 5.78 Å². The van der Waals surface area contributed by atoms with Crippen LogP contribution in [0, 0.1) is 0 Å². The molecule has 4 heterocycles. The molecule has 3 atom stereocenters. The number of ether oxygens (including phenoxy) is 1. The van der Waals surface area contributed by atoms with Crippen LogP contribution in [-0.2, 0) is 6.42 Å². The minimum Gasteiger partial charge on any atom is -0.434 e. The van der Waals surface area contributed by atoms with Gasteiger partial charge in [0.15, 0.2) is 5.82 Å². The van der Waals surface area contributed by atoms with E-state index >= 15 is 0 Å². The maximum atomic E-state index is 13.5. The second-order valence-corrected chi connectivity index (χ2v) is 9.33. The number of amides is 1.